The molecule has 1 aromatic carbocycles. The van der Waals surface area contributed by atoms with Gasteiger partial charge in [0.25, 0.3) is 5.91 Å². The Hall–Kier alpha value is -2.34. The molecule has 0 aliphatic carbocycles. The Morgan fingerprint density at radius 2 is 1.95 bits per heavy atom. The summed E-state index contributed by atoms with van der Waals surface area (Å²) in [6.45, 7) is 0.447. The first-order valence-corrected chi connectivity index (χ1v) is 6.51. The number of nitrogens with one attached hydrogen (secondary N) is 2. The Kier molecular flexibility index (Phi) is 4.15. The van der Waals surface area contributed by atoms with Crippen molar-refractivity contribution in [2.45, 2.75) is 6.54 Å². The normalized spacial score (nSPS) is 9.89. The highest BCUT2D eigenvalue weighted by molar-refractivity contribution is 7.09. The molecule has 2 rings (SSSR count). The fourth-order valence-electron chi connectivity index (χ4n) is 1.55. The number of carbonyl (C=O) groups excluding carboxylic acids is 2. The molecule has 0 fully saturated rings. The first kappa shape index (κ1) is 13.1. The monoisotopic (exact) mass is 275 g/mol. The van der Waals surface area contributed by atoms with Gasteiger partial charge >= 0.3 is 6.03 Å². The van der Waals surface area contributed by atoms with Crippen molar-refractivity contribution in [1.82, 2.24) is 5.32 Å². The summed E-state index contributed by atoms with van der Waals surface area (Å²) < 4.78 is 0. The number of para-hydroxylation sites is 1. The fraction of sp³-hybridized carbons (Fsp3) is 0.0769. The molecule has 1 aromatic heterocycles. The van der Waals surface area contributed by atoms with E-state index in [-0.39, 0.29) is 11.6 Å². The van der Waals surface area contributed by atoms with Gasteiger partial charge in [-0.15, -0.1) is 11.3 Å². The van der Waals surface area contributed by atoms with Crippen LogP contribution in [0.2, 0.25) is 0 Å². The number of carbonyl (C=O) groups is 2. The maximum absolute atomic E-state index is 11.7. The van der Waals surface area contributed by atoms with E-state index in [1.807, 2.05) is 17.5 Å². The van der Waals surface area contributed by atoms with Crippen LogP contribution in [-0.4, -0.2) is 11.9 Å². The molecule has 0 bridgehead atoms. The van der Waals surface area contributed by atoms with Crippen LogP contribution in [0.3, 0.4) is 0 Å². The van der Waals surface area contributed by atoms with E-state index in [1.165, 1.54) is 0 Å². The van der Waals surface area contributed by atoms with Gasteiger partial charge in [-0.1, -0.05) is 18.2 Å². The van der Waals surface area contributed by atoms with Crippen molar-refractivity contribution < 1.29 is 9.59 Å². The lowest BCUT2D eigenvalue weighted by Gasteiger charge is -2.09. The molecule has 0 aliphatic heterocycles. The minimum Gasteiger partial charge on any atom is -0.366 e. The van der Waals surface area contributed by atoms with Crippen molar-refractivity contribution >= 4 is 29.0 Å². The van der Waals surface area contributed by atoms with E-state index in [0.717, 1.165) is 4.88 Å². The smallest absolute Gasteiger partial charge is 0.319 e. The summed E-state index contributed by atoms with van der Waals surface area (Å²) in [5, 5.41) is 7.26. The van der Waals surface area contributed by atoms with Crippen molar-refractivity contribution in [2.75, 3.05) is 5.32 Å². The van der Waals surface area contributed by atoms with Crippen molar-refractivity contribution in [1.29, 1.82) is 0 Å². The maximum Gasteiger partial charge on any atom is 0.319 e. The third-order valence-electron chi connectivity index (χ3n) is 2.44. The molecule has 2 aromatic rings. The zero-order valence-electron chi connectivity index (χ0n) is 10.1. The first-order chi connectivity index (χ1) is 9.16. The van der Waals surface area contributed by atoms with Crippen molar-refractivity contribution in [3.8, 4) is 0 Å². The van der Waals surface area contributed by atoms with Gasteiger partial charge in [-0.2, -0.15) is 0 Å². The number of anilines is 1. The minimum atomic E-state index is -0.575. The Morgan fingerprint density at radius 1 is 1.16 bits per heavy atom. The molecule has 0 aliphatic rings. The molecular formula is C13H13N3O2S. The summed E-state index contributed by atoms with van der Waals surface area (Å²) in [6.07, 6.45) is 0. The topological polar surface area (TPSA) is 84.2 Å². The summed E-state index contributed by atoms with van der Waals surface area (Å²) in [5.74, 6) is -0.575. The molecule has 0 atom stereocenters. The highest BCUT2D eigenvalue weighted by Crippen LogP contribution is 2.14. The number of urea groups is 1. The minimum absolute atomic E-state index is 0.286. The number of hydrogen-bond donors (Lipinski definition) is 3. The first-order valence-electron chi connectivity index (χ1n) is 5.63. The Labute approximate surface area is 114 Å². The van der Waals surface area contributed by atoms with Crippen molar-refractivity contribution in [3.05, 3.63) is 52.2 Å². The van der Waals surface area contributed by atoms with Crippen LogP contribution in [0.4, 0.5) is 10.5 Å². The van der Waals surface area contributed by atoms with E-state index < -0.39 is 5.91 Å². The number of nitrogens with two attached hydrogens (primary N) is 1. The van der Waals surface area contributed by atoms with E-state index in [4.69, 9.17) is 5.73 Å². The molecule has 0 spiro atoms. The third kappa shape index (κ3) is 3.56. The average molecular weight is 275 g/mol. The SMILES string of the molecule is NC(=O)c1ccccc1NC(=O)NCc1cccs1. The predicted octanol–water partition coefficient (Wildman–Crippen LogP) is 2.17. The Morgan fingerprint density at radius 3 is 2.63 bits per heavy atom. The van der Waals surface area contributed by atoms with E-state index in [9.17, 15) is 9.59 Å². The summed E-state index contributed by atoms with van der Waals surface area (Å²) in [6, 6.07) is 10.1. The van der Waals surface area contributed by atoms with Crippen molar-refractivity contribution in [2.24, 2.45) is 5.73 Å². The number of amides is 3. The quantitative estimate of drug-likeness (QED) is 0.799. The second-order valence-electron chi connectivity index (χ2n) is 3.80. The number of hydrogen-bond acceptors (Lipinski definition) is 3. The molecule has 0 saturated carbocycles. The van der Waals surface area contributed by atoms with Crippen LogP contribution < -0.4 is 16.4 Å². The molecule has 5 nitrogen and oxygen atoms in total. The molecule has 19 heavy (non-hydrogen) atoms. The van der Waals surface area contributed by atoms with Crippen molar-refractivity contribution in [3.63, 3.8) is 0 Å². The summed E-state index contributed by atoms with van der Waals surface area (Å²) in [7, 11) is 0. The summed E-state index contributed by atoms with van der Waals surface area (Å²) in [5.41, 5.74) is 5.92. The van der Waals surface area contributed by atoms with Gasteiger partial charge < -0.3 is 16.4 Å². The van der Waals surface area contributed by atoms with Gasteiger partial charge in [-0.05, 0) is 23.6 Å². The van der Waals surface area contributed by atoms with Crippen LogP contribution in [0.5, 0.6) is 0 Å². The third-order valence-corrected chi connectivity index (χ3v) is 3.32. The van der Waals surface area contributed by atoms with Crippen LogP contribution in [-0.2, 0) is 6.54 Å². The second-order valence-corrected chi connectivity index (χ2v) is 4.83. The van der Waals surface area contributed by atoms with E-state index in [0.29, 0.717) is 12.2 Å². The molecule has 1 heterocycles. The van der Waals surface area contributed by atoms with Crippen LogP contribution in [0, 0.1) is 0 Å². The number of thiophene rings is 1. The fourth-order valence-corrected chi connectivity index (χ4v) is 2.20. The second kappa shape index (κ2) is 6.01. The Bertz CT molecular complexity index is 581. The molecular weight excluding hydrogens is 262 g/mol. The average Bonchev–Trinajstić information content (AvgIpc) is 2.90. The number of primary amides is 1. The van der Waals surface area contributed by atoms with E-state index >= 15 is 0 Å². The largest absolute Gasteiger partial charge is 0.366 e. The zero-order chi connectivity index (χ0) is 13.7. The molecule has 0 unspecified atom stereocenters. The molecule has 98 valence electrons. The summed E-state index contributed by atoms with van der Waals surface area (Å²) >= 11 is 1.56. The summed E-state index contributed by atoms with van der Waals surface area (Å²) in [4.78, 5) is 24.0. The highest BCUT2D eigenvalue weighted by atomic mass is 32.1. The lowest BCUT2D eigenvalue weighted by molar-refractivity contribution is 0.100. The number of benzene rings is 1. The maximum atomic E-state index is 11.7. The lowest BCUT2D eigenvalue weighted by atomic mass is 10.1. The van der Waals surface area contributed by atoms with Gasteiger partial charge in [0.2, 0.25) is 0 Å². The van der Waals surface area contributed by atoms with Gasteiger partial charge in [0.15, 0.2) is 0 Å². The zero-order valence-corrected chi connectivity index (χ0v) is 10.9. The van der Waals surface area contributed by atoms with Crippen LogP contribution in [0.25, 0.3) is 0 Å². The predicted molar refractivity (Wildman–Crippen MR) is 75.1 cm³/mol. The van der Waals surface area contributed by atoms with E-state index in [2.05, 4.69) is 10.6 Å². The molecule has 4 N–H and O–H groups in total. The molecule has 0 saturated heterocycles. The van der Waals surface area contributed by atoms with Crippen LogP contribution >= 0.6 is 11.3 Å². The highest BCUT2D eigenvalue weighted by Gasteiger charge is 2.09. The van der Waals surface area contributed by atoms with Gasteiger partial charge in [-0.3, -0.25) is 4.79 Å². The van der Waals surface area contributed by atoms with Gasteiger partial charge in [0.05, 0.1) is 17.8 Å². The standard InChI is InChI=1S/C13H13N3O2S/c14-12(17)10-5-1-2-6-11(10)16-13(18)15-8-9-4-3-7-19-9/h1-7H,8H2,(H2,14,17)(H2,15,16,18). The molecule has 0 radical (unpaired) electrons. The van der Waals surface area contributed by atoms with Gasteiger partial charge in [0, 0.05) is 4.88 Å². The van der Waals surface area contributed by atoms with Gasteiger partial charge in [-0.25, -0.2) is 4.79 Å². The van der Waals surface area contributed by atoms with E-state index in [1.54, 1.807) is 35.6 Å². The van der Waals surface area contributed by atoms with Crippen LogP contribution in [0.1, 0.15) is 15.2 Å². The molecule has 3 amide bonds. The number of rotatable bonds is 4. The van der Waals surface area contributed by atoms with Crippen LogP contribution in [0.15, 0.2) is 41.8 Å². The lowest BCUT2D eigenvalue weighted by Crippen LogP contribution is -2.29. The Balaban J connectivity index is 1.97. The molecule has 6 heteroatoms. The van der Waals surface area contributed by atoms with Gasteiger partial charge in [0.1, 0.15) is 0 Å².